The molecule has 2 aliphatic rings. The van der Waals surface area contributed by atoms with Crippen LogP contribution in [0.1, 0.15) is 30.7 Å². The van der Waals surface area contributed by atoms with Crippen LogP contribution in [-0.2, 0) is 9.59 Å². The summed E-state index contributed by atoms with van der Waals surface area (Å²) in [4.78, 5) is 28.9. The smallest absolute Gasteiger partial charge is 0.232 e. The molecule has 0 unspecified atom stereocenters. The molecule has 0 radical (unpaired) electrons. The predicted octanol–water partition coefficient (Wildman–Crippen LogP) is 5.50. The zero-order valence-corrected chi connectivity index (χ0v) is 20.4. The highest BCUT2D eigenvalue weighted by Gasteiger charge is 2.49. The highest BCUT2D eigenvalue weighted by atomic mass is 35.5. The normalized spacial score (nSPS) is 22.2. The van der Waals surface area contributed by atoms with Crippen molar-refractivity contribution in [3.8, 4) is 5.69 Å². The molecule has 35 heavy (non-hydrogen) atoms. The summed E-state index contributed by atoms with van der Waals surface area (Å²) < 4.78 is 15.7. The Morgan fingerprint density at radius 1 is 1.11 bits per heavy atom. The first-order valence-electron chi connectivity index (χ1n) is 11.5. The quantitative estimate of drug-likeness (QED) is 0.387. The first-order valence-corrected chi connectivity index (χ1v) is 12.7. The second-order valence-electron chi connectivity index (χ2n) is 9.17. The lowest BCUT2D eigenvalue weighted by atomic mass is 9.98. The lowest BCUT2D eigenvalue weighted by molar-refractivity contribution is -0.123. The second kappa shape index (κ2) is 8.46. The van der Waals surface area contributed by atoms with Crippen LogP contribution in [-0.4, -0.2) is 27.6 Å². The van der Waals surface area contributed by atoms with Gasteiger partial charge in [-0.15, -0.1) is 11.3 Å². The SMILES string of the molecule is C[C@H]1C(=O)N(c2ccc3c(cnn3-c3ccc(F)cc3)c2)[C@H](c2ccc(Cl)s2)[C@H]1NC(=O)C1CC1. The Morgan fingerprint density at radius 3 is 2.54 bits per heavy atom. The molecule has 2 amide bonds. The molecular formula is C26H22ClFN4O2S. The first-order chi connectivity index (χ1) is 16.9. The van der Waals surface area contributed by atoms with E-state index < -0.39 is 0 Å². The average molecular weight is 509 g/mol. The van der Waals surface area contributed by atoms with Crippen molar-refractivity contribution in [1.29, 1.82) is 0 Å². The monoisotopic (exact) mass is 508 g/mol. The maximum absolute atomic E-state index is 13.6. The molecular weight excluding hydrogens is 487 g/mol. The van der Waals surface area contributed by atoms with Gasteiger partial charge in [0, 0.05) is 21.9 Å². The van der Waals surface area contributed by atoms with E-state index in [4.69, 9.17) is 11.6 Å². The van der Waals surface area contributed by atoms with E-state index in [0.29, 0.717) is 4.34 Å². The van der Waals surface area contributed by atoms with Gasteiger partial charge >= 0.3 is 0 Å². The Morgan fingerprint density at radius 2 is 1.86 bits per heavy atom. The van der Waals surface area contributed by atoms with E-state index in [1.54, 1.807) is 27.9 Å². The zero-order valence-electron chi connectivity index (χ0n) is 18.8. The number of halogens is 2. The van der Waals surface area contributed by atoms with Crippen molar-refractivity contribution in [1.82, 2.24) is 15.1 Å². The van der Waals surface area contributed by atoms with Crippen molar-refractivity contribution >= 4 is 51.3 Å². The number of anilines is 1. The van der Waals surface area contributed by atoms with Crippen LogP contribution in [0.4, 0.5) is 10.1 Å². The Balaban J connectivity index is 1.40. The van der Waals surface area contributed by atoms with Gasteiger partial charge in [0.25, 0.3) is 0 Å². The summed E-state index contributed by atoms with van der Waals surface area (Å²) in [5.74, 6) is -0.683. The van der Waals surface area contributed by atoms with E-state index >= 15 is 0 Å². The Bertz CT molecular complexity index is 1450. The number of benzene rings is 2. The molecule has 1 saturated carbocycles. The summed E-state index contributed by atoms with van der Waals surface area (Å²) in [6, 6.07) is 14.9. The van der Waals surface area contributed by atoms with Gasteiger partial charge in [0.1, 0.15) is 5.82 Å². The molecule has 6 rings (SSSR count). The minimum Gasteiger partial charge on any atom is -0.350 e. The Labute approximate surface area is 210 Å². The third-order valence-electron chi connectivity index (χ3n) is 6.83. The maximum Gasteiger partial charge on any atom is 0.232 e. The number of nitrogens with zero attached hydrogens (tertiary/aromatic N) is 3. The molecule has 2 aromatic carbocycles. The molecule has 3 heterocycles. The molecule has 1 saturated heterocycles. The van der Waals surface area contributed by atoms with Gasteiger partial charge in [-0.05, 0) is 67.4 Å². The fourth-order valence-electron chi connectivity index (χ4n) is 4.81. The molecule has 4 aromatic rings. The summed E-state index contributed by atoms with van der Waals surface area (Å²) in [5, 5.41) is 8.49. The minimum atomic E-state index is -0.388. The van der Waals surface area contributed by atoms with Gasteiger partial charge in [-0.25, -0.2) is 9.07 Å². The van der Waals surface area contributed by atoms with Gasteiger partial charge in [-0.2, -0.15) is 5.10 Å². The summed E-state index contributed by atoms with van der Waals surface area (Å²) >= 11 is 7.68. The van der Waals surface area contributed by atoms with Gasteiger partial charge in [0.05, 0.1) is 39.7 Å². The van der Waals surface area contributed by atoms with E-state index in [-0.39, 0.29) is 41.6 Å². The number of nitrogens with one attached hydrogen (secondary N) is 1. The molecule has 1 aliphatic heterocycles. The van der Waals surface area contributed by atoms with Crippen molar-refractivity contribution in [2.75, 3.05) is 4.90 Å². The number of hydrogen-bond donors (Lipinski definition) is 1. The number of fused-ring (bicyclic) bond motifs is 1. The number of amides is 2. The maximum atomic E-state index is 13.6. The van der Waals surface area contributed by atoms with Gasteiger partial charge in [-0.3, -0.25) is 9.59 Å². The predicted molar refractivity (Wildman–Crippen MR) is 134 cm³/mol. The molecule has 9 heteroatoms. The van der Waals surface area contributed by atoms with Crippen LogP contribution in [0, 0.1) is 17.7 Å². The van der Waals surface area contributed by atoms with E-state index in [9.17, 15) is 14.0 Å². The van der Waals surface area contributed by atoms with E-state index in [2.05, 4.69) is 10.4 Å². The van der Waals surface area contributed by atoms with Crippen LogP contribution in [0.25, 0.3) is 16.6 Å². The third kappa shape index (κ3) is 3.90. The van der Waals surface area contributed by atoms with Crippen molar-refractivity contribution < 1.29 is 14.0 Å². The van der Waals surface area contributed by atoms with Crippen molar-refractivity contribution in [2.24, 2.45) is 11.8 Å². The summed E-state index contributed by atoms with van der Waals surface area (Å²) in [6.45, 7) is 1.87. The molecule has 1 aliphatic carbocycles. The van der Waals surface area contributed by atoms with Crippen LogP contribution < -0.4 is 10.2 Å². The molecule has 0 spiro atoms. The number of carbonyl (C=O) groups excluding carboxylic acids is 2. The summed E-state index contributed by atoms with van der Waals surface area (Å²) in [6.07, 6.45) is 3.53. The minimum absolute atomic E-state index is 0.0141. The second-order valence-corrected chi connectivity index (χ2v) is 10.9. The third-order valence-corrected chi connectivity index (χ3v) is 8.13. The largest absolute Gasteiger partial charge is 0.350 e. The number of thiophene rings is 1. The fraction of sp³-hybridized carbons (Fsp3) is 0.269. The van der Waals surface area contributed by atoms with Crippen LogP contribution in [0.15, 0.2) is 60.8 Å². The molecule has 178 valence electrons. The van der Waals surface area contributed by atoms with Gasteiger partial charge in [0.15, 0.2) is 0 Å². The number of hydrogen-bond acceptors (Lipinski definition) is 4. The van der Waals surface area contributed by atoms with Crippen molar-refractivity contribution in [3.05, 3.63) is 75.8 Å². The lowest BCUT2D eigenvalue weighted by Gasteiger charge is -2.28. The van der Waals surface area contributed by atoms with Crippen LogP contribution in [0.2, 0.25) is 4.34 Å². The van der Waals surface area contributed by atoms with E-state index in [0.717, 1.165) is 40.0 Å². The van der Waals surface area contributed by atoms with Crippen LogP contribution in [0.5, 0.6) is 0 Å². The van der Waals surface area contributed by atoms with Gasteiger partial charge < -0.3 is 10.2 Å². The number of rotatable bonds is 5. The highest BCUT2D eigenvalue weighted by Crippen LogP contribution is 2.44. The van der Waals surface area contributed by atoms with Crippen molar-refractivity contribution in [3.63, 3.8) is 0 Å². The molecule has 1 N–H and O–H groups in total. The standard InChI is InChI=1S/C26H22ClFN4O2S/c1-14-23(30-25(33)15-2-3-15)24(21-10-11-22(27)35-21)31(26(14)34)19-8-9-20-16(12-19)13-29-32(20)18-6-4-17(28)5-7-18/h4-15,23-24H,2-3H2,1H3,(H,30,33)/t14-,23+,24-/m1/s1. The lowest BCUT2D eigenvalue weighted by Crippen LogP contribution is -2.42. The summed E-state index contributed by atoms with van der Waals surface area (Å²) in [7, 11) is 0. The van der Waals surface area contributed by atoms with E-state index in [1.807, 2.05) is 37.3 Å². The molecule has 2 aromatic heterocycles. The summed E-state index contributed by atoms with van der Waals surface area (Å²) in [5.41, 5.74) is 2.31. The molecule has 6 nitrogen and oxygen atoms in total. The molecule has 0 bridgehead atoms. The first kappa shape index (κ1) is 22.2. The Kier molecular flexibility index (Phi) is 5.38. The highest BCUT2D eigenvalue weighted by molar-refractivity contribution is 7.16. The van der Waals surface area contributed by atoms with E-state index in [1.165, 1.54) is 23.5 Å². The molecule has 3 atom stereocenters. The van der Waals surface area contributed by atoms with Gasteiger partial charge in [0.2, 0.25) is 11.8 Å². The fourth-order valence-corrected chi connectivity index (χ4v) is 6.01. The average Bonchev–Trinajstić information content (AvgIpc) is 3.42. The van der Waals surface area contributed by atoms with Crippen molar-refractivity contribution in [2.45, 2.75) is 31.8 Å². The van der Waals surface area contributed by atoms with Crippen LogP contribution in [0.3, 0.4) is 0 Å². The number of carbonyl (C=O) groups is 2. The molecule has 2 fully saturated rings. The van der Waals surface area contributed by atoms with Crippen LogP contribution >= 0.6 is 22.9 Å². The zero-order chi connectivity index (χ0) is 24.3. The van der Waals surface area contributed by atoms with Gasteiger partial charge in [-0.1, -0.05) is 18.5 Å². The Hall–Kier alpha value is -3.23. The topological polar surface area (TPSA) is 67.2 Å². The number of aromatic nitrogens is 2.